The second-order valence-corrected chi connectivity index (χ2v) is 6.41. The molecule has 0 radical (unpaired) electrons. The number of oxazole rings is 1. The van der Waals surface area contributed by atoms with Crippen LogP contribution in [-0.4, -0.2) is 40.5 Å². The van der Waals surface area contributed by atoms with Crippen LogP contribution in [0.25, 0.3) is 0 Å². The topological polar surface area (TPSA) is 68.5 Å². The molecule has 6 heteroatoms. The van der Waals surface area contributed by atoms with E-state index in [1.807, 2.05) is 17.2 Å². The molecule has 2 aliphatic heterocycles. The van der Waals surface area contributed by atoms with Crippen molar-refractivity contribution in [2.45, 2.75) is 32.2 Å². The van der Waals surface area contributed by atoms with Gasteiger partial charge in [-0.15, -0.1) is 0 Å². The molecule has 2 aliphatic rings. The average molecular weight is 327 g/mol. The molecule has 126 valence electrons. The molecule has 2 aromatic heterocycles. The third-order valence-electron chi connectivity index (χ3n) is 4.71. The smallest absolute Gasteiger partial charge is 0.228 e. The SMILES string of the molecule is O=C(C1CCOC1)N1CCc2oc(CCc3cccnc3)nc2C1. The number of aromatic nitrogens is 2. The molecule has 6 nitrogen and oxygen atoms in total. The van der Waals surface area contributed by atoms with Gasteiger partial charge in [-0.1, -0.05) is 6.07 Å². The summed E-state index contributed by atoms with van der Waals surface area (Å²) in [6, 6.07) is 3.99. The van der Waals surface area contributed by atoms with Crippen molar-refractivity contribution < 1.29 is 13.9 Å². The van der Waals surface area contributed by atoms with E-state index in [-0.39, 0.29) is 11.8 Å². The van der Waals surface area contributed by atoms with E-state index in [9.17, 15) is 4.79 Å². The Labute approximate surface area is 140 Å². The number of fused-ring (bicyclic) bond motifs is 1. The highest BCUT2D eigenvalue weighted by Gasteiger charge is 2.31. The van der Waals surface area contributed by atoms with Gasteiger partial charge in [0.1, 0.15) is 11.5 Å². The molecule has 4 heterocycles. The largest absolute Gasteiger partial charge is 0.445 e. The summed E-state index contributed by atoms with van der Waals surface area (Å²) >= 11 is 0. The van der Waals surface area contributed by atoms with Gasteiger partial charge in [0.05, 0.1) is 19.1 Å². The quantitative estimate of drug-likeness (QED) is 0.856. The van der Waals surface area contributed by atoms with Crippen LogP contribution in [-0.2, 0) is 35.3 Å². The first-order chi connectivity index (χ1) is 11.8. The zero-order valence-electron chi connectivity index (χ0n) is 13.6. The van der Waals surface area contributed by atoms with Gasteiger partial charge in [0, 0.05) is 38.4 Å². The Morgan fingerprint density at radius 1 is 1.38 bits per heavy atom. The minimum Gasteiger partial charge on any atom is -0.445 e. The van der Waals surface area contributed by atoms with Crippen molar-refractivity contribution in [2.24, 2.45) is 5.92 Å². The minimum absolute atomic E-state index is 0.0171. The Bertz CT molecular complexity index is 708. The predicted molar refractivity (Wildman–Crippen MR) is 86.2 cm³/mol. The Hall–Kier alpha value is -2.21. The molecule has 1 atom stereocenters. The fourth-order valence-corrected chi connectivity index (χ4v) is 3.33. The molecule has 0 saturated carbocycles. The molecule has 4 rings (SSSR count). The minimum atomic E-state index is 0.0171. The van der Waals surface area contributed by atoms with E-state index < -0.39 is 0 Å². The predicted octanol–water partition coefficient (Wildman–Crippen LogP) is 1.78. The summed E-state index contributed by atoms with van der Waals surface area (Å²) in [5.41, 5.74) is 2.08. The van der Waals surface area contributed by atoms with E-state index in [2.05, 4.69) is 16.0 Å². The number of nitrogens with zero attached hydrogens (tertiary/aromatic N) is 3. The van der Waals surface area contributed by atoms with Gasteiger partial charge in [-0.3, -0.25) is 9.78 Å². The van der Waals surface area contributed by atoms with Crippen LogP contribution in [0, 0.1) is 5.92 Å². The van der Waals surface area contributed by atoms with E-state index in [4.69, 9.17) is 9.15 Å². The van der Waals surface area contributed by atoms with Crippen LogP contribution in [0.4, 0.5) is 0 Å². The number of carbonyl (C=O) groups is 1. The lowest BCUT2D eigenvalue weighted by Gasteiger charge is -2.27. The van der Waals surface area contributed by atoms with Gasteiger partial charge in [-0.05, 0) is 24.5 Å². The molecule has 0 N–H and O–H groups in total. The van der Waals surface area contributed by atoms with Crippen molar-refractivity contribution in [1.29, 1.82) is 0 Å². The summed E-state index contributed by atoms with van der Waals surface area (Å²) in [6.45, 7) is 2.51. The van der Waals surface area contributed by atoms with Crippen LogP contribution in [0.1, 0.15) is 29.3 Å². The number of amides is 1. The van der Waals surface area contributed by atoms with Gasteiger partial charge >= 0.3 is 0 Å². The molecule has 0 aliphatic carbocycles. The van der Waals surface area contributed by atoms with E-state index in [0.29, 0.717) is 26.3 Å². The molecular formula is C18H21N3O3. The van der Waals surface area contributed by atoms with Crippen LogP contribution in [0.15, 0.2) is 28.9 Å². The van der Waals surface area contributed by atoms with Gasteiger partial charge in [0.2, 0.25) is 5.91 Å². The first-order valence-corrected chi connectivity index (χ1v) is 8.52. The summed E-state index contributed by atoms with van der Waals surface area (Å²) in [7, 11) is 0. The molecular weight excluding hydrogens is 306 g/mol. The first kappa shape index (κ1) is 15.3. The standard InChI is InChI=1S/C18H21N3O3/c22-18(14-6-9-23-12-14)21-8-5-16-15(11-21)20-17(24-16)4-3-13-2-1-7-19-10-13/h1-2,7,10,14H,3-6,8-9,11-12H2. The van der Waals surface area contributed by atoms with Crippen LogP contribution in [0.5, 0.6) is 0 Å². The summed E-state index contributed by atoms with van der Waals surface area (Å²) in [5.74, 6) is 1.90. The van der Waals surface area contributed by atoms with Gasteiger partial charge in [0.15, 0.2) is 5.89 Å². The van der Waals surface area contributed by atoms with E-state index in [1.165, 1.54) is 5.56 Å². The van der Waals surface area contributed by atoms with Gasteiger partial charge in [0.25, 0.3) is 0 Å². The summed E-state index contributed by atoms with van der Waals surface area (Å²) in [6.07, 6.45) is 6.82. The molecule has 1 unspecified atom stereocenters. The molecule has 1 amide bonds. The lowest BCUT2D eigenvalue weighted by molar-refractivity contribution is -0.136. The maximum absolute atomic E-state index is 12.5. The normalized spacial score (nSPS) is 20.2. The average Bonchev–Trinajstić information content (AvgIpc) is 3.29. The number of aryl methyl sites for hydroxylation is 2. The summed E-state index contributed by atoms with van der Waals surface area (Å²) < 4.78 is 11.2. The van der Waals surface area contributed by atoms with E-state index in [0.717, 1.165) is 43.0 Å². The number of rotatable bonds is 4. The van der Waals surface area contributed by atoms with Crippen LogP contribution >= 0.6 is 0 Å². The van der Waals surface area contributed by atoms with Crippen molar-refractivity contribution >= 4 is 5.91 Å². The lowest BCUT2D eigenvalue weighted by atomic mass is 10.1. The molecule has 0 bridgehead atoms. The van der Waals surface area contributed by atoms with Gasteiger partial charge < -0.3 is 14.1 Å². The number of hydrogen-bond donors (Lipinski definition) is 0. The fraction of sp³-hybridized carbons (Fsp3) is 0.500. The zero-order valence-corrected chi connectivity index (χ0v) is 13.6. The Morgan fingerprint density at radius 3 is 3.12 bits per heavy atom. The molecule has 1 saturated heterocycles. The monoisotopic (exact) mass is 327 g/mol. The second kappa shape index (κ2) is 6.73. The van der Waals surface area contributed by atoms with Gasteiger partial charge in [-0.2, -0.15) is 0 Å². The molecule has 24 heavy (non-hydrogen) atoms. The molecule has 2 aromatic rings. The number of ether oxygens (including phenoxy) is 1. The fourth-order valence-electron chi connectivity index (χ4n) is 3.33. The van der Waals surface area contributed by atoms with Crippen molar-refractivity contribution in [1.82, 2.24) is 14.9 Å². The highest BCUT2D eigenvalue weighted by molar-refractivity contribution is 5.79. The first-order valence-electron chi connectivity index (χ1n) is 8.52. The highest BCUT2D eigenvalue weighted by Crippen LogP contribution is 2.24. The van der Waals surface area contributed by atoms with E-state index >= 15 is 0 Å². The summed E-state index contributed by atoms with van der Waals surface area (Å²) in [4.78, 5) is 23.1. The second-order valence-electron chi connectivity index (χ2n) is 6.41. The third kappa shape index (κ3) is 3.19. The summed E-state index contributed by atoms with van der Waals surface area (Å²) in [5, 5.41) is 0. The molecule has 0 aromatic carbocycles. The maximum atomic E-state index is 12.5. The van der Waals surface area contributed by atoms with Crippen molar-refractivity contribution in [3.05, 3.63) is 47.4 Å². The highest BCUT2D eigenvalue weighted by atomic mass is 16.5. The molecule has 0 spiro atoms. The lowest BCUT2D eigenvalue weighted by Crippen LogP contribution is -2.39. The van der Waals surface area contributed by atoms with Crippen molar-refractivity contribution in [2.75, 3.05) is 19.8 Å². The number of carbonyl (C=O) groups excluding carboxylic acids is 1. The van der Waals surface area contributed by atoms with E-state index in [1.54, 1.807) is 6.20 Å². The van der Waals surface area contributed by atoms with Crippen LogP contribution in [0.2, 0.25) is 0 Å². The maximum Gasteiger partial charge on any atom is 0.228 e. The van der Waals surface area contributed by atoms with Crippen molar-refractivity contribution in [3.8, 4) is 0 Å². The van der Waals surface area contributed by atoms with Crippen molar-refractivity contribution in [3.63, 3.8) is 0 Å². The third-order valence-corrected chi connectivity index (χ3v) is 4.71. The number of hydrogen-bond acceptors (Lipinski definition) is 5. The van der Waals surface area contributed by atoms with Crippen LogP contribution in [0.3, 0.4) is 0 Å². The number of pyridine rings is 1. The Morgan fingerprint density at radius 2 is 2.33 bits per heavy atom. The Balaban J connectivity index is 1.39. The van der Waals surface area contributed by atoms with Crippen LogP contribution < -0.4 is 0 Å². The Kier molecular flexibility index (Phi) is 4.30. The van der Waals surface area contributed by atoms with Gasteiger partial charge in [-0.25, -0.2) is 4.98 Å². The zero-order chi connectivity index (χ0) is 16.4. The molecule has 1 fully saturated rings.